The first kappa shape index (κ1) is 11.5. The van der Waals surface area contributed by atoms with Crippen LogP contribution in [0.3, 0.4) is 0 Å². The maximum absolute atomic E-state index is 12.3. The standard InChI is InChI=1S/C13H13N5O/c1-17(8-10-6-14-15-7-10)13(19)11-9-18-5-3-2-4-12(18)16-11/h2-7,9H,8H2,1H3,(H,14,15). The molecule has 3 rings (SSSR count). The number of imidazole rings is 1. The molecule has 0 saturated carbocycles. The van der Waals surface area contributed by atoms with Gasteiger partial charge in [0.05, 0.1) is 6.20 Å². The summed E-state index contributed by atoms with van der Waals surface area (Å²) in [7, 11) is 1.75. The minimum atomic E-state index is -0.107. The summed E-state index contributed by atoms with van der Waals surface area (Å²) in [5.41, 5.74) is 2.17. The van der Waals surface area contributed by atoms with Gasteiger partial charge in [-0.3, -0.25) is 9.89 Å². The van der Waals surface area contributed by atoms with E-state index >= 15 is 0 Å². The number of pyridine rings is 1. The Balaban J connectivity index is 1.82. The summed E-state index contributed by atoms with van der Waals surface area (Å²) in [5, 5.41) is 6.59. The summed E-state index contributed by atoms with van der Waals surface area (Å²) in [6, 6.07) is 5.66. The molecule has 0 spiro atoms. The molecule has 1 amide bonds. The molecule has 0 aromatic carbocycles. The monoisotopic (exact) mass is 255 g/mol. The molecule has 6 heteroatoms. The largest absolute Gasteiger partial charge is 0.336 e. The molecule has 96 valence electrons. The lowest BCUT2D eigenvalue weighted by Crippen LogP contribution is -2.26. The van der Waals surface area contributed by atoms with Crippen molar-refractivity contribution in [3.63, 3.8) is 0 Å². The molecule has 3 aromatic heterocycles. The topological polar surface area (TPSA) is 66.3 Å². The lowest BCUT2D eigenvalue weighted by Gasteiger charge is -2.14. The minimum Gasteiger partial charge on any atom is -0.336 e. The van der Waals surface area contributed by atoms with Crippen LogP contribution in [0.2, 0.25) is 0 Å². The average molecular weight is 255 g/mol. The van der Waals surface area contributed by atoms with Gasteiger partial charge in [0.1, 0.15) is 11.3 Å². The number of hydrogen-bond acceptors (Lipinski definition) is 3. The lowest BCUT2D eigenvalue weighted by atomic mass is 10.3. The number of nitrogens with one attached hydrogen (secondary N) is 1. The Labute approximate surface area is 109 Å². The summed E-state index contributed by atoms with van der Waals surface area (Å²) >= 11 is 0. The second-order valence-electron chi connectivity index (χ2n) is 4.36. The molecule has 6 nitrogen and oxygen atoms in total. The highest BCUT2D eigenvalue weighted by Crippen LogP contribution is 2.09. The Morgan fingerprint density at radius 1 is 1.47 bits per heavy atom. The highest BCUT2D eigenvalue weighted by Gasteiger charge is 2.15. The zero-order valence-corrected chi connectivity index (χ0v) is 10.4. The van der Waals surface area contributed by atoms with Crippen molar-refractivity contribution < 1.29 is 4.79 Å². The molecule has 3 aromatic rings. The molecular formula is C13H13N5O. The minimum absolute atomic E-state index is 0.107. The lowest BCUT2D eigenvalue weighted by molar-refractivity contribution is 0.0780. The third kappa shape index (κ3) is 2.20. The molecule has 0 aliphatic carbocycles. The smallest absolute Gasteiger partial charge is 0.274 e. The summed E-state index contributed by atoms with van der Waals surface area (Å²) in [6.45, 7) is 0.503. The van der Waals surface area contributed by atoms with E-state index in [0.717, 1.165) is 11.2 Å². The number of H-pyrrole nitrogens is 1. The highest BCUT2D eigenvalue weighted by atomic mass is 16.2. The van der Waals surface area contributed by atoms with E-state index in [1.807, 2.05) is 28.8 Å². The van der Waals surface area contributed by atoms with Crippen LogP contribution >= 0.6 is 0 Å². The van der Waals surface area contributed by atoms with E-state index in [1.54, 1.807) is 30.5 Å². The van der Waals surface area contributed by atoms with Crippen molar-refractivity contribution in [1.82, 2.24) is 24.5 Å². The Morgan fingerprint density at radius 2 is 2.37 bits per heavy atom. The van der Waals surface area contributed by atoms with Gasteiger partial charge in [0.2, 0.25) is 0 Å². The molecule has 0 unspecified atom stereocenters. The number of carbonyl (C=O) groups excluding carboxylic acids is 1. The molecule has 3 heterocycles. The van der Waals surface area contributed by atoms with Gasteiger partial charge in [-0.1, -0.05) is 6.07 Å². The van der Waals surface area contributed by atoms with Gasteiger partial charge in [0.15, 0.2) is 0 Å². The highest BCUT2D eigenvalue weighted by molar-refractivity contribution is 5.92. The zero-order chi connectivity index (χ0) is 13.2. The van der Waals surface area contributed by atoms with Gasteiger partial charge in [-0.05, 0) is 12.1 Å². The molecule has 0 fully saturated rings. The summed E-state index contributed by atoms with van der Waals surface area (Å²) in [4.78, 5) is 18.2. The molecule has 0 radical (unpaired) electrons. The summed E-state index contributed by atoms with van der Waals surface area (Å²) in [6.07, 6.45) is 7.08. The SMILES string of the molecule is CN(Cc1cn[nH]c1)C(=O)c1cn2ccccc2n1. The van der Waals surface area contributed by atoms with Gasteiger partial charge in [-0.25, -0.2) is 4.98 Å². The second kappa shape index (κ2) is 4.56. The van der Waals surface area contributed by atoms with Crippen molar-refractivity contribution in [2.45, 2.75) is 6.54 Å². The van der Waals surface area contributed by atoms with Gasteiger partial charge in [0.25, 0.3) is 5.91 Å². The number of rotatable bonds is 3. The molecule has 1 N–H and O–H groups in total. The third-order valence-corrected chi connectivity index (χ3v) is 2.90. The predicted molar refractivity (Wildman–Crippen MR) is 69.6 cm³/mol. The van der Waals surface area contributed by atoms with Crippen LogP contribution in [0.25, 0.3) is 5.65 Å². The van der Waals surface area contributed by atoms with Gasteiger partial charge in [-0.2, -0.15) is 5.10 Å². The second-order valence-corrected chi connectivity index (χ2v) is 4.36. The van der Waals surface area contributed by atoms with Crippen molar-refractivity contribution in [3.8, 4) is 0 Å². The van der Waals surface area contributed by atoms with Crippen LogP contribution in [0.5, 0.6) is 0 Å². The zero-order valence-electron chi connectivity index (χ0n) is 10.4. The Hall–Kier alpha value is -2.63. The van der Waals surface area contributed by atoms with Crippen LogP contribution in [0.15, 0.2) is 43.0 Å². The number of nitrogens with zero attached hydrogens (tertiary/aromatic N) is 4. The first-order chi connectivity index (χ1) is 9.24. The summed E-state index contributed by atoms with van der Waals surface area (Å²) in [5.74, 6) is -0.107. The van der Waals surface area contributed by atoms with Crippen LogP contribution in [-0.4, -0.2) is 37.4 Å². The normalized spacial score (nSPS) is 10.8. The summed E-state index contributed by atoms with van der Waals surface area (Å²) < 4.78 is 1.83. The Kier molecular flexibility index (Phi) is 2.75. The van der Waals surface area contributed by atoms with E-state index in [2.05, 4.69) is 15.2 Å². The van der Waals surface area contributed by atoms with E-state index in [1.165, 1.54) is 0 Å². The number of amides is 1. The van der Waals surface area contributed by atoms with Crippen molar-refractivity contribution in [2.75, 3.05) is 7.05 Å². The molecule has 0 bridgehead atoms. The van der Waals surface area contributed by atoms with Crippen LogP contribution in [0, 0.1) is 0 Å². The fraction of sp³-hybridized carbons (Fsp3) is 0.154. The van der Waals surface area contributed by atoms with Gasteiger partial charge >= 0.3 is 0 Å². The molecule has 0 saturated heterocycles. The maximum atomic E-state index is 12.3. The average Bonchev–Trinajstić information content (AvgIpc) is 3.05. The van der Waals surface area contributed by atoms with E-state index in [-0.39, 0.29) is 5.91 Å². The number of aromatic nitrogens is 4. The van der Waals surface area contributed by atoms with Gasteiger partial charge in [-0.15, -0.1) is 0 Å². The van der Waals surface area contributed by atoms with Gasteiger partial charge < -0.3 is 9.30 Å². The molecule has 0 aliphatic heterocycles. The quantitative estimate of drug-likeness (QED) is 0.767. The molecule has 0 atom stereocenters. The number of fused-ring (bicyclic) bond motifs is 1. The predicted octanol–water partition coefficient (Wildman–Crippen LogP) is 1.33. The van der Waals surface area contributed by atoms with E-state index in [9.17, 15) is 4.79 Å². The molecule has 0 aliphatic rings. The number of hydrogen-bond donors (Lipinski definition) is 1. The number of carbonyl (C=O) groups is 1. The first-order valence-corrected chi connectivity index (χ1v) is 5.91. The number of aromatic amines is 1. The van der Waals surface area contributed by atoms with Gasteiger partial charge in [0, 0.05) is 37.7 Å². The Bertz CT molecular complexity index is 668. The third-order valence-electron chi connectivity index (χ3n) is 2.90. The van der Waals surface area contributed by atoms with Crippen LogP contribution in [0.4, 0.5) is 0 Å². The van der Waals surface area contributed by atoms with E-state index < -0.39 is 0 Å². The van der Waals surface area contributed by atoms with Crippen LogP contribution in [-0.2, 0) is 6.54 Å². The van der Waals surface area contributed by atoms with Crippen LogP contribution in [0.1, 0.15) is 16.1 Å². The van der Waals surface area contributed by atoms with Crippen molar-refractivity contribution in [3.05, 3.63) is 54.2 Å². The molecule has 19 heavy (non-hydrogen) atoms. The van der Waals surface area contributed by atoms with E-state index in [0.29, 0.717) is 12.2 Å². The fourth-order valence-electron chi connectivity index (χ4n) is 1.94. The van der Waals surface area contributed by atoms with Crippen molar-refractivity contribution >= 4 is 11.6 Å². The fourth-order valence-corrected chi connectivity index (χ4v) is 1.94. The van der Waals surface area contributed by atoms with E-state index in [4.69, 9.17) is 0 Å². The Morgan fingerprint density at radius 3 is 3.11 bits per heavy atom. The van der Waals surface area contributed by atoms with Crippen molar-refractivity contribution in [2.24, 2.45) is 0 Å². The molecular weight excluding hydrogens is 242 g/mol. The first-order valence-electron chi connectivity index (χ1n) is 5.91. The van der Waals surface area contributed by atoms with Crippen LogP contribution < -0.4 is 0 Å². The maximum Gasteiger partial charge on any atom is 0.274 e. The van der Waals surface area contributed by atoms with Crippen molar-refractivity contribution in [1.29, 1.82) is 0 Å².